The second kappa shape index (κ2) is 6.06. The Bertz CT molecular complexity index is 1110. The van der Waals surface area contributed by atoms with Crippen LogP contribution in [-0.2, 0) is 0 Å². The van der Waals surface area contributed by atoms with Crippen LogP contribution in [0.25, 0.3) is 33.2 Å². The van der Waals surface area contributed by atoms with Crippen molar-refractivity contribution in [2.45, 2.75) is 39.4 Å². The zero-order valence-corrected chi connectivity index (χ0v) is 17.0. The predicted octanol–water partition coefficient (Wildman–Crippen LogP) is 5.71. The van der Waals surface area contributed by atoms with Gasteiger partial charge in [-0.1, -0.05) is 51.7 Å². The Kier molecular flexibility index (Phi) is 3.96. The zero-order valence-electron chi connectivity index (χ0n) is 16.0. The molecule has 3 heterocycles. The summed E-state index contributed by atoms with van der Waals surface area (Å²) in [6.07, 6.45) is 3.83. The molecule has 0 N–H and O–H groups in total. The highest BCUT2D eigenvalue weighted by atomic mass is 28.3. The number of nitrogens with zero attached hydrogens (tertiary/aromatic N) is 2. The molecular formula is C22H24N2OSi. The standard InChI is InChI=1S/C22H24N2OSi/c1-14(2)15-10-11-23-18(12-15)17-13-24-22(26(3,4)5)20-16-8-6-7-9-19(16)25-21(17)20/h6-14H,1-5H3. The molecule has 0 aliphatic carbocycles. The van der Waals surface area contributed by atoms with E-state index in [9.17, 15) is 0 Å². The minimum Gasteiger partial charge on any atom is -0.455 e. The summed E-state index contributed by atoms with van der Waals surface area (Å²) in [6, 6.07) is 12.5. The minimum atomic E-state index is -1.62. The first kappa shape index (κ1) is 17.0. The van der Waals surface area contributed by atoms with Crippen LogP contribution in [0.3, 0.4) is 0 Å². The van der Waals surface area contributed by atoms with E-state index in [1.54, 1.807) is 0 Å². The molecular weight excluding hydrogens is 336 g/mol. The number of aromatic nitrogens is 2. The molecule has 0 amide bonds. The molecule has 0 fully saturated rings. The van der Waals surface area contributed by atoms with Crippen LogP contribution in [0.5, 0.6) is 0 Å². The first-order valence-corrected chi connectivity index (χ1v) is 12.6. The number of hydrogen-bond donors (Lipinski definition) is 0. The molecule has 4 heteroatoms. The van der Waals surface area contributed by atoms with Crippen molar-refractivity contribution < 1.29 is 4.42 Å². The Morgan fingerprint density at radius 3 is 2.50 bits per heavy atom. The third-order valence-corrected chi connectivity index (χ3v) is 6.64. The van der Waals surface area contributed by atoms with Crippen molar-refractivity contribution in [3.8, 4) is 11.3 Å². The molecule has 0 aliphatic heterocycles. The molecule has 26 heavy (non-hydrogen) atoms. The third-order valence-electron chi connectivity index (χ3n) is 4.84. The van der Waals surface area contributed by atoms with Gasteiger partial charge < -0.3 is 4.42 Å². The molecule has 0 radical (unpaired) electrons. The van der Waals surface area contributed by atoms with Crippen molar-refractivity contribution in [3.63, 3.8) is 0 Å². The Morgan fingerprint density at radius 2 is 1.77 bits per heavy atom. The molecule has 0 saturated heterocycles. The maximum Gasteiger partial charge on any atom is 0.147 e. The summed E-state index contributed by atoms with van der Waals surface area (Å²) >= 11 is 0. The lowest BCUT2D eigenvalue weighted by Crippen LogP contribution is -2.40. The summed E-state index contributed by atoms with van der Waals surface area (Å²) in [4.78, 5) is 9.53. The molecule has 0 bridgehead atoms. The molecule has 4 rings (SSSR count). The van der Waals surface area contributed by atoms with E-state index >= 15 is 0 Å². The van der Waals surface area contributed by atoms with Crippen molar-refractivity contribution >= 4 is 35.3 Å². The highest BCUT2D eigenvalue weighted by Gasteiger charge is 2.26. The SMILES string of the molecule is CC(C)c1ccnc(-c2cnc([Si](C)(C)C)c3c2oc2ccccc23)c1. The summed E-state index contributed by atoms with van der Waals surface area (Å²) in [5.41, 5.74) is 4.99. The van der Waals surface area contributed by atoms with Crippen LogP contribution in [0.4, 0.5) is 0 Å². The molecule has 0 aliphatic rings. The van der Waals surface area contributed by atoms with Gasteiger partial charge in [-0.2, -0.15) is 0 Å². The Labute approximate surface area is 155 Å². The topological polar surface area (TPSA) is 38.9 Å². The predicted molar refractivity (Wildman–Crippen MR) is 112 cm³/mol. The fraction of sp³-hybridized carbons (Fsp3) is 0.273. The number of pyridine rings is 2. The van der Waals surface area contributed by atoms with Crippen LogP contribution >= 0.6 is 0 Å². The smallest absolute Gasteiger partial charge is 0.147 e. The van der Waals surface area contributed by atoms with E-state index in [1.807, 2.05) is 24.5 Å². The van der Waals surface area contributed by atoms with Gasteiger partial charge in [0.15, 0.2) is 0 Å². The first-order chi connectivity index (χ1) is 12.4. The Morgan fingerprint density at radius 1 is 1.00 bits per heavy atom. The van der Waals surface area contributed by atoms with Gasteiger partial charge in [0.2, 0.25) is 0 Å². The van der Waals surface area contributed by atoms with Gasteiger partial charge in [-0.25, -0.2) is 0 Å². The first-order valence-electron chi connectivity index (χ1n) is 9.13. The second-order valence-corrected chi connectivity index (χ2v) is 13.2. The molecule has 1 aromatic carbocycles. The number of hydrogen-bond acceptors (Lipinski definition) is 3. The summed E-state index contributed by atoms with van der Waals surface area (Å²) in [6.45, 7) is 11.4. The highest BCUT2D eigenvalue weighted by Crippen LogP contribution is 2.35. The molecule has 3 aromatic heterocycles. The highest BCUT2D eigenvalue weighted by molar-refractivity contribution is 6.90. The maximum absolute atomic E-state index is 6.32. The summed E-state index contributed by atoms with van der Waals surface area (Å²) < 4.78 is 6.32. The van der Waals surface area contributed by atoms with E-state index in [4.69, 9.17) is 9.40 Å². The molecule has 132 valence electrons. The van der Waals surface area contributed by atoms with E-state index in [0.717, 1.165) is 33.2 Å². The van der Waals surface area contributed by atoms with Crippen LogP contribution in [0.15, 0.2) is 53.2 Å². The van der Waals surface area contributed by atoms with Gasteiger partial charge in [-0.05, 0) is 29.7 Å². The zero-order chi connectivity index (χ0) is 18.5. The summed E-state index contributed by atoms with van der Waals surface area (Å²) in [5.74, 6) is 0.456. The van der Waals surface area contributed by atoms with Crippen molar-refractivity contribution in [1.82, 2.24) is 9.97 Å². The third kappa shape index (κ3) is 2.74. The normalized spacial score (nSPS) is 12.4. The average molecular weight is 361 g/mol. The monoisotopic (exact) mass is 360 g/mol. The average Bonchev–Trinajstić information content (AvgIpc) is 2.99. The van der Waals surface area contributed by atoms with E-state index in [-0.39, 0.29) is 0 Å². The van der Waals surface area contributed by atoms with E-state index < -0.39 is 8.07 Å². The van der Waals surface area contributed by atoms with Crippen LogP contribution in [0.1, 0.15) is 25.3 Å². The number of rotatable bonds is 3. The van der Waals surface area contributed by atoms with Crippen molar-refractivity contribution in [2.24, 2.45) is 0 Å². The fourth-order valence-corrected chi connectivity index (χ4v) is 4.88. The van der Waals surface area contributed by atoms with Crippen LogP contribution in [-0.4, -0.2) is 18.0 Å². The van der Waals surface area contributed by atoms with Gasteiger partial charge in [-0.3, -0.25) is 9.97 Å². The van der Waals surface area contributed by atoms with Gasteiger partial charge in [0.1, 0.15) is 19.2 Å². The largest absolute Gasteiger partial charge is 0.455 e. The Hall–Kier alpha value is -2.46. The number of para-hydroxylation sites is 1. The van der Waals surface area contributed by atoms with E-state index in [1.165, 1.54) is 10.9 Å². The molecule has 0 saturated carbocycles. The number of fused-ring (bicyclic) bond motifs is 3. The molecule has 0 atom stereocenters. The van der Waals surface area contributed by atoms with E-state index in [0.29, 0.717) is 5.92 Å². The number of furan rings is 1. The van der Waals surface area contributed by atoms with Crippen molar-refractivity contribution in [3.05, 3.63) is 54.4 Å². The molecule has 4 aromatic rings. The van der Waals surface area contributed by atoms with Crippen LogP contribution < -0.4 is 5.32 Å². The summed E-state index contributed by atoms with van der Waals surface area (Å²) in [5, 5.41) is 3.50. The number of benzene rings is 1. The lowest BCUT2D eigenvalue weighted by Gasteiger charge is -2.17. The Balaban J connectivity index is 2.08. The van der Waals surface area contributed by atoms with Gasteiger partial charge in [0, 0.05) is 28.5 Å². The van der Waals surface area contributed by atoms with Gasteiger partial charge in [-0.15, -0.1) is 0 Å². The molecule has 3 nitrogen and oxygen atoms in total. The van der Waals surface area contributed by atoms with E-state index in [2.05, 4.69) is 62.7 Å². The van der Waals surface area contributed by atoms with Crippen molar-refractivity contribution in [2.75, 3.05) is 0 Å². The minimum absolute atomic E-state index is 0.456. The van der Waals surface area contributed by atoms with Crippen molar-refractivity contribution in [1.29, 1.82) is 0 Å². The van der Waals surface area contributed by atoms with Gasteiger partial charge >= 0.3 is 0 Å². The second-order valence-electron chi connectivity index (χ2n) is 8.20. The van der Waals surface area contributed by atoms with Crippen LogP contribution in [0.2, 0.25) is 19.6 Å². The lowest BCUT2D eigenvalue weighted by atomic mass is 10.0. The fourth-order valence-electron chi connectivity index (χ4n) is 3.43. The van der Waals surface area contributed by atoms with Gasteiger partial charge in [0.25, 0.3) is 0 Å². The van der Waals surface area contributed by atoms with Gasteiger partial charge in [0.05, 0.1) is 11.3 Å². The maximum atomic E-state index is 6.32. The summed E-state index contributed by atoms with van der Waals surface area (Å²) in [7, 11) is -1.62. The molecule has 0 unspecified atom stereocenters. The molecule has 0 spiro atoms. The lowest BCUT2D eigenvalue weighted by molar-refractivity contribution is 0.669. The van der Waals surface area contributed by atoms with Crippen LogP contribution in [0, 0.1) is 0 Å². The quantitative estimate of drug-likeness (QED) is 0.439.